The van der Waals surface area contributed by atoms with E-state index in [9.17, 15) is 13.2 Å². The van der Waals surface area contributed by atoms with Gasteiger partial charge in [-0.25, -0.2) is 8.42 Å². The van der Waals surface area contributed by atoms with Crippen LogP contribution in [0.2, 0.25) is 0 Å². The molecule has 0 fully saturated rings. The average Bonchev–Trinajstić information content (AvgIpc) is 2.82. The minimum absolute atomic E-state index is 0.188. The number of carboxylic acid groups (broad SMARTS) is 1. The molecule has 108 valence electrons. The largest absolute Gasteiger partial charge is 0.480 e. The molecule has 0 spiro atoms. The Morgan fingerprint density at radius 2 is 2.05 bits per heavy atom. The molecule has 0 aliphatic rings. The Labute approximate surface area is 121 Å². The second-order valence-corrected chi connectivity index (χ2v) is 7.15. The van der Waals surface area contributed by atoms with Gasteiger partial charge in [-0.15, -0.1) is 11.3 Å². The molecule has 0 aliphatic heterocycles. The van der Waals surface area contributed by atoms with Crippen LogP contribution in [0, 0.1) is 0 Å². The molecule has 2 rings (SSSR count). The van der Waals surface area contributed by atoms with Gasteiger partial charge in [-0.3, -0.25) is 4.79 Å². The van der Waals surface area contributed by atoms with E-state index in [-0.39, 0.29) is 11.4 Å². The van der Waals surface area contributed by atoms with Gasteiger partial charge in [0.2, 0.25) is 10.0 Å². The first-order valence-electron chi connectivity index (χ1n) is 6.15. The second kappa shape index (κ2) is 5.90. The summed E-state index contributed by atoms with van der Waals surface area (Å²) in [6.45, 7) is 1.50. The smallest absolute Gasteiger partial charge is 0.318 e. The second-order valence-electron chi connectivity index (χ2n) is 4.33. The molecule has 1 N–H and O–H groups in total. The molecule has 0 saturated carbocycles. The van der Waals surface area contributed by atoms with E-state index in [1.54, 1.807) is 17.5 Å². The van der Waals surface area contributed by atoms with Crippen LogP contribution in [-0.2, 0) is 14.8 Å². The summed E-state index contributed by atoms with van der Waals surface area (Å²) in [4.78, 5) is 11.0. The molecule has 0 atom stereocenters. The Morgan fingerprint density at radius 1 is 1.35 bits per heavy atom. The lowest BCUT2D eigenvalue weighted by molar-refractivity contribution is -0.137. The number of aliphatic carboxylic acids is 1. The Balaban J connectivity index is 2.49. The van der Waals surface area contributed by atoms with Gasteiger partial charge in [-0.05, 0) is 12.5 Å². The summed E-state index contributed by atoms with van der Waals surface area (Å²) in [5, 5.41) is 11.1. The molecule has 0 bridgehead atoms. The first kappa shape index (κ1) is 15.0. The van der Waals surface area contributed by atoms with Crippen LogP contribution in [0.3, 0.4) is 0 Å². The summed E-state index contributed by atoms with van der Waals surface area (Å²) in [6, 6.07) is 7.20. The molecule has 0 aliphatic carbocycles. The van der Waals surface area contributed by atoms with Crippen molar-refractivity contribution in [2.24, 2.45) is 0 Å². The summed E-state index contributed by atoms with van der Waals surface area (Å²) in [5.74, 6) is -1.15. The third-order valence-corrected chi connectivity index (χ3v) is 5.85. The first-order chi connectivity index (χ1) is 9.46. The van der Waals surface area contributed by atoms with Crippen molar-refractivity contribution >= 4 is 37.4 Å². The highest BCUT2D eigenvalue weighted by atomic mass is 32.2. The number of rotatable bonds is 6. The van der Waals surface area contributed by atoms with E-state index in [1.165, 1.54) is 11.3 Å². The van der Waals surface area contributed by atoms with Crippen molar-refractivity contribution in [2.45, 2.75) is 18.2 Å². The van der Waals surface area contributed by atoms with E-state index in [4.69, 9.17) is 5.11 Å². The number of carboxylic acids is 1. The fourth-order valence-electron chi connectivity index (χ4n) is 1.98. The number of hydrogen-bond acceptors (Lipinski definition) is 4. The Kier molecular flexibility index (Phi) is 4.42. The van der Waals surface area contributed by atoms with Gasteiger partial charge in [0.25, 0.3) is 0 Å². The molecule has 2 aromatic rings. The number of sulfonamides is 1. The van der Waals surface area contributed by atoms with Crippen LogP contribution in [-0.4, -0.2) is 36.9 Å². The van der Waals surface area contributed by atoms with E-state index in [2.05, 4.69) is 0 Å². The summed E-state index contributed by atoms with van der Waals surface area (Å²) in [6.07, 6.45) is 0.564. The zero-order chi connectivity index (χ0) is 14.8. The summed E-state index contributed by atoms with van der Waals surface area (Å²) in [5.41, 5.74) is 0. The monoisotopic (exact) mass is 313 g/mol. The predicted molar refractivity (Wildman–Crippen MR) is 78.5 cm³/mol. The van der Waals surface area contributed by atoms with Crippen LogP contribution in [0.5, 0.6) is 0 Å². The number of thiophene rings is 1. The highest BCUT2D eigenvalue weighted by molar-refractivity contribution is 7.89. The first-order valence-corrected chi connectivity index (χ1v) is 8.47. The Hall–Kier alpha value is -1.44. The number of carbonyl (C=O) groups is 1. The molecule has 1 aromatic heterocycles. The van der Waals surface area contributed by atoms with Crippen LogP contribution in [0.4, 0.5) is 0 Å². The third-order valence-electron chi connectivity index (χ3n) is 2.85. The van der Waals surface area contributed by atoms with Crippen molar-refractivity contribution in [3.8, 4) is 0 Å². The van der Waals surface area contributed by atoms with E-state index in [1.807, 2.05) is 19.1 Å². The summed E-state index contributed by atoms with van der Waals surface area (Å²) >= 11 is 1.34. The van der Waals surface area contributed by atoms with Crippen molar-refractivity contribution in [3.63, 3.8) is 0 Å². The molecule has 1 heterocycles. The van der Waals surface area contributed by atoms with Gasteiger partial charge in [0, 0.05) is 22.0 Å². The van der Waals surface area contributed by atoms with Crippen LogP contribution >= 0.6 is 11.3 Å². The lowest BCUT2D eigenvalue weighted by atomic mass is 10.3. The van der Waals surface area contributed by atoms with Crippen molar-refractivity contribution in [1.82, 2.24) is 4.31 Å². The van der Waals surface area contributed by atoms with Gasteiger partial charge in [-0.1, -0.05) is 25.1 Å². The molecular formula is C13H15NO4S2. The van der Waals surface area contributed by atoms with Crippen LogP contribution in [0.1, 0.15) is 13.3 Å². The van der Waals surface area contributed by atoms with Crippen molar-refractivity contribution in [3.05, 3.63) is 29.6 Å². The Morgan fingerprint density at radius 3 is 2.70 bits per heavy atom. The maximum Gasteiger partial charge on any atom is 0.318 e. The van der Waals surface area contributed by atoms with Crippen LogP contribution < -0.4 is 0 Å². The lowest BCUT2D eigenvalue weighted by Crippen LogP contribution is -2.36. The Bertz CT molecular complexity index is 721. The average molecular weight is 313 g/mol. The number of nitrogens with zero attached hydrogens (tertiary/aromatic N) is 1. The molecule has 1 aromatic carbocycles. The molecule has 0 amide bonds. The fourth-order valence-corrected chi connectivity index (χ4v) is 4.93. The van der Waals surface area contributed by atoms with Gasteiger partial charge in [-0.2, -0.15) is 4.31 Å². The minimum atomic E-state index is -3.78. The standard InChI is InChI=1S/C13H15NO4S2/c1-2-7-14(8-13(15)16)20(17,18)12-9-19-11-6-4-3-5-10(11)12/h3-6,9H,2,7-8H2,1H3,(H,15,16). The molecule has 0 unspecified atom stereocenters. The third kappa shape index (κ3) is 2.84. The molecule has 0 saturated heterocycles. The van der Waals surface area contributed by atoms with Crippen molar-refractivity contribution < 1.29 is 18.3 Å². The van der Waals surface area contributed by atoms with Gasteiger partial charge >= 0.3 is 5.97 Å². The van der Waals surface area contributed by atoms with E-state index in [0.717, 1.165) is 9.01 Å². The topological polar surface area (TPSA) is 74.7 Å². The van der Waals surface area contributed by atoms with Crippen molar-refractivity contribution in [2.75, 3.05) is 13.1 Å². The summed E-state index contributed by atoms with van der Waals surface area (Å²) in [7, 11) is -3.78. The SMILES string of the molecule is CCCN(CC(=O)O)S(=O)(=O)c1csc2ccccc12. The highest BCUT2D eigenvalue weighted by Crippen LogP contribution is 2.31. The minimum Gasteiger partial charge on any atom is -0.480 e. The number of hydrogen-bond donors (Lipinski definition) is 1. The van der Waals surface area contributed by atoms with Gasteiger partial charge in [0.15, 0.2) is 0 Å². The normalized spacial score (nSPS) is 12.1. The lowest BCUT2D eigenvalue weighted by Gasteiger charge is -2.19. The van der Waals surface area contributed by atoms with Crippen LogP contribution in [0.15, 0.2) is 34.5 Å². The number of fused-ring (bicyclic) bond motifs is 1. The van der Waals surface area contributed by atoms with E-state index in [0.29, 0.717) is 11.8 Å². The quantitative estimate of drug-likeness (QED) is 0.888. The maximum atomic E-state index is 12.6. The van der Waals surface area contributed by atoms with E-state index < -0.39 is 22.5 Å². The maximum absolute atomic E-state index is 12.6. The molecule has 0 radical (unpaired) electrons. The number of benzene rings is 1. The highest BCUT2D eigenvalue weighted by Gasteiger charge is 2.28. The predicted octanol–water partition coefficient (Wildman–Crippen LogP) is 2.39. The molecule has 5 nitrogen and oxygen atoms in total. The van der Waals surface area contributed by atoms with E-state index >= 15 is 0 Å². The molecular weight excluding hydrogens is 298 g/mol. The fraction of sp³-hybridized carbons (Fsp3) is 0.308. The molecule has 20 heavy (non-hydrogen) atoms. The van der Waals surface area contributed by atoms with Gasteiger partial charge in [0.1, 0.15) is 11.4 Å². The molecule has 7 heteroatoms. The van der Waals surface area contributed by atoms with Gasteiger partial charge in [0.05, 0.1) is 0 Å². The van der Waals surface area contributed by atoms with Gasteiger partial charge < -0.3 is 5.11 Å². The van der Waals surface area contributed by atoms with Crippen LogP contribution in [0.25, 0.3) is 10.1 Å². The summed E-state index contributed by atoms with van der Waals surface area (Å²) < 4.78 is 27.1. The zero-order valence-corrected chi connectivity index (χ0v) is 12.6. The van der Waals surface area contributed by atoms with Crippen molar-refractivity contribution in [1.29, 1.82) is 0 Å². The zero-order valence-electron chi connectivity index (χ0n) is 10.9.